The van der Waals surface area contributed by atoms with Gasteiger partial charge in [0.2, 0.25) is 11.0 Å². The highest BCUT2D eigenvalue weighted by Gasteiger charge is 2.39. The van der Waals surface area contributed by atoms with Gasteiger partial charge in [-0.25, -0.2) is 4.98 Å². The molecule has 15 heavy (non-hydrogen) atoms. The van der Waals surface area contributed by atoms with Crippen LogP contribution in [-0.2, 0) is 16.1 Å². The number of aromatic nitrogens is 2. The fourth-order valence-electron chi connectivity index (χ4n) is 1.38. The first-order chi connectivity index (χ1) is 7.20. The SMILES string of the molecule is COCc1nsc(NC(=O)[C@@H]2C[C@@H]2C)n1. The third-order valence-corrected chi connectivity index (χ3v) is 3.09. The number of anilines is 1. The summed E-state index contributed by atoms with van der Waals surface area (Å²) < 4.78 is 8.94. The number of nitrogens with zero attached hydrogens (tertiary/aromatic N) is 2. The van der Waals surface area contributed by atoms with Crippen molar-refractivity contribution >= 4 is 22.6 Å². The van der Waals surface area contributed by atoms with E-state index in [1.54, 1.807) is 7.11 Å². The molecule has 1 heterocycles. The van der Waals surface area contributed by atoms with Crippen molar-refractivity contribution in [2.75, 3.05) is 12.4 Å². The maximum atomic E-state index is 11.5. The number of hydrogen-bond donors (Lipinski definition) is 1. The van der Waals surface area contributed by atoms with Gasteiger partial charge in [0.15, 0.2) is 5.82 Å². The van der Waals surface area contributed by atoms with Crippen LogP contribution in [0.4, 0.5) is 5.13 Å². The Bertz CT molecular complexity index is 366. The van der Waals surface area contributed by atoms with E-state index >= 15 is 0 Å². The van der Waals surface area contributed by atoms with Crippen molar-refractivity contribution in [1.29, 1.82) is 0 Å². The summed E-state index contributed by atoms with van der Waals surface area (Å²) in [4.78, 5) is 15.7. The second kappa shape index (κ2) is 4.24. The average Bonchev–Trinajstić information content (AvgIpc) is 2.76. The lowest BCUT2D eigenvalue weighted by molar-refractivity contribution is -0.117. The number of carbonyl (C=O) groups is 1. The van der Waals surface area contributed by atoms with Crippen molar-refractivity contribution < 1.29 is 9.53 Å². The van der Waals surface area contributed by atoms with E-state index in [9.17, 15) is 4.79 Å². The quantitative estimate of drug-likeness (QED) is 0.841. The van der Waals surface area contributed by atoms with E-state index in [0.717, 1.165) is 6.42 Å². The van der Waals surface area contributed by atoms with Crippen LogP contribution in [0.3, 0.4) is 0 Å². The molecular weight excluding hydrogens is 214 g/mol. The molecule has 0 aliphatic heterocycles. The second-order valence-corrected chi connectivity index (χ2v) is 4.51. The Kier molecular flexibility index (Phi) is 2.97. The molecular formula is C9H13N3O2S. The Morgan fingerprint density at radius 1 is 1.73 bits per heavy atom. The molecule has 0 radical (unpaired) electrons. The van der Waals surface area contributed by atoms with Gasteiger partial charge in [0, 0.05) is 24.6 Å². The highest BCUT2D eigenvalue weighted by atomic mass is 32.1. The Labute approximate surface area is 92.0 Å². The average molecular weight is 227 g/mol. The van der Waals surface area contributed by atoms with Crippen LogP contribution in [0.2, 0.25) is 0 Å². The van der Waals surface area contributed by atoms with Crippen molar-refractivity contribution in [1.82, 2.24) is 9.36 Å². The van der Waals surface area contributed by atoms with Crippen molar-refractivity contribution in [2.24, 2.45) is 11.8 Å². The van der Waals surface area contributed by atoms with E-state index in [1.807, 2.05) is 0 Å². The summed E-state index contributed by atoms with van der Waals surface area (Å²) in [5.74, 6) is 1.35. The van der Waals surface area contributed by atoms with Gasteiger partial charge in [0.05, 0.1) is 0 Å². The standard InChI is InChI=1S/C9H13N3O2S/c1-5-3-6(5)8(13)11-9-10-7(4-14-2)12-15-9/h5-6H,3-4H2,1-2H3,(H,10,11,12,13)/t5-,6+/m0/s1. The van der Waals surface area contributed by atoms with E-state index in [-0.39, 0.29) is 11.8 Å². The lowest BCUT2D eigenvalue weighted by Gasteiger charge is -1.97. The number of ether oxygens (including phenoxy) is 1. The lowest BCUT2D eigenvalue weighted by atomic mass is 10.3. The maximum absolute atomic E-state index is 11.5. The molecule has 82 valence electrons. The van der Waals surface area contributed by atoms with Gasteiger partial charge in [-0.3, -0.25) is 4.79 Å². The monoisotopic (exact) mass is 227 g/mol. The maximum Gasteiger partial charge on any atom is 0.229 e. The third kappa shape index (κ3) is 2.51. The molecule has 1 aliphatic rings. The molecule has 2 atom stereocenters. The molecule has 1 aromatic rings. The van der Waals surface area contributed by atoms with Gasteiger partial charge in [-0.1, -0.05) is 6.92 Å². The molecule has 0 bridgehead atoms. The van der Waals surface area contributed by atoms with Crippen molar-refractivity contribution in [3.8, 4) is 0 Å². The molecule has 1 aliphatic carbocycles. The zero-order valence-corrected chi connectivity index (χ0v) is 9.50. The number of rotatable bonds is 4. The fraction of sp³-hybridized carbons (Fsp3) is 0.667. The summed E-state index contributed by atoms with van der Waals surface area (Å²) in [5.41, 5.74) is 0. The van der Waals surface area contributed by atoms with Gasteiger partial charge in [0.1, 0.15) is 6.61 Å². The minimum Gasteiger partial charge on any atom is -0.377 e. The van der Waals surface area contributed by atoms with Crippen LogP contribution in [-0.4, -0.2) is 22.4 Å². The molecule has 5 nitrogen and oxygen atoms in total. The fourth-order valence-corrected chi connectivity index (χ4v) is 1.96. The van der Waals surface area contributed by atoms with Gasteiger partial charge < -0.3 is 10.1 Å². The summed E-state index contributed by atoms with van der Waals surface area (Å²) in [5, 5.41) is 3.32. The minimum atomic E-state index is 0.0580. The largest absolute Gasteiger partial charge is 0.377 e. The molecule has 1 N–H and O–H groups in total. The summed E-state index contributed by atoms with van der Waals surface area (Å²) in [7, 11) is 1.59. The first kappa shape index (κ1) is 10.5. The number of nitrogens with one attached hydrogen (secondary N) is 1. The zero-order valence-electron chi connectivity index (χ0n) is 8.69. The van der Waals surface area contributed by atoms with Crippen molar-refractivity contribution in [2.45, 2.75) is 20.0 Å². The summed E-state index contributed by atoms with van der Waals surface area (Å²) >= 11 is 1.19. The Balaban J connectivity index is 1.90. The van der Waals surface area contributed by atoms with Crippen molar-refractivity contribution in [3.63, 3.8) is 0 Å². The van der Waals surface area contributed by atoms with E-state index in [1.165, 1.54) is 11.5 Å². The summed E-state index contributed by atoms with van der Waals surface area (Å²) in [6, 6.07) is 0. The van der Waals surface area contributed by atoms with E-state index in [2.05, 4.69) is 21.6 Å². The first-order valence-electron chi connectivity index (χ1n) is 4.83. The van der Waals surface area contributed by atoms with Gasteiger partial charge in [-0.05, 0) is 12.3 Å². The van der Waals surface area contributed by atoms with E-state index < -0.39 is 0 Å². The van der Waals surface area contributed by atoms with E-state index in [4.69, 9.17) is 4.74 Å². The van der Waals surface area contributed by atoms with Crippen LogP contribution < -0.4 is 5.32 Å². The molecule has 1 fully saturated rings. The Morgan fingerprint density at radius 2 is 2.47 bits per heavy atom. The van der Waals surface area contributed by atoms with Gasteiger partial charge in [-0.15, -0.1) is 0 Å². The Morgan fingerprint density at radius 3 is 3.07 bits per heavy atom. The first-order valence-corrected chi connectivity index (χ1v) is 5.60. The molecule has 0 unspecified atom stereocenters. The number of methoxy groups -OCH3 is 1. The van der Waals surface area contributed by atoms with Crippen LogP contribution in [0.15, 0.2) is 0 Å². The smallest absolute Gasteiger partial charge is 0.229 e. The van der Waals surface area contributed by atoms with E-state index in [0.29, 0.717) is 23.5 Å². The molecule has 1 amide bonds. The van der Waals surface area contributed by atoms with Gasteiger partial charge >= 0.3 is 0 Å². The highest BCUT2D eigenvalue weighted by Crippen LogP contribution is 2.38. The van der Waals surface area contributed by atoms with Crippen LogP contribution in [0.25, 0.3) is 0 Å². The van der Waals surface area contributed by atoms with Crippen LogP contribution in [0.5, 0.6) is 0 Å². The normalized spacial score (nSPS) is 23.9. The molecule has 1 saturated carbocycles. The summed E-state index contributed by atoms with van der Waals surface area (Å²) in [6.07, 6.45) is 0.982. The molecule has 0 saturated heterocycles. The lowest BCUT2D eigenvalue weighted by Crippen LogP contribution is -2.14. The predicted molar refractivity (Wildman–Crippen MR) is 56.5 cm³/mol. The highest BCUT2D eigenvalue weighted by molar-refractivity contribution is 7.09. The molecule has 0 spiro atoms. The molecule has 6 heteroatoms. The summed E-state index contributed by atoms with van der Waals surface area (Å²) in [6.45, 7) is 2.45. The molecule has 0 aromatic carbocycles. The topological polar surface area (TPSA) is 64.1 Å². The van der Waals surface area contributed by atoms with Crippen LogP contribution >= 0.6 is 11.5 Å². The van der Waals surface area contributed by atoms with Crippen LogP contribution in [0.1, 0.15) is 19.2 Å². The number of carbonyl (C=O) groups excluding carboxylic acids is 1. The molecule has 1 aromatic heterocycles. The predicted octanol–water partition coefficient (Wildman–Crippen LogP) is 1.28. The van der Waals surface area contributed by atoms with Gasteiger partial charge in [0.25, 0.3) is 0 Å². The Hall–Kier alpha value is -1.01. The molecule has 2 rings (SSSR count). The zero-order chi connectivity index (χ0) is 10.8. The second-order valence-electron chi connectivity index (χ2n) is 3.76. The number of hydrogen-bond acceptors (Lipinski definition) is 5. The van der Waals surface area contributed by atoms with Crippen LogP contribution in [0, 0.1) is 11.8 Å². The van der Waals surface area contributed by atoms with Gasteiger partial charge in [-0.2, -0.15) is 4.37 Å². The number of amides is 1. The van der Waals surface area contributed by atoms with Crippen molar-refractivity contribution in [3.05, 3.63) is 5.82 Å². The third-order valence-electron chi connectivity index (χ3n) is 2.42. The minimum absolute atomic E-state index is 0.0580.